The lowest BCUT2D eigenvalue weighted by Gasteiger charge is -2.39. The molecule has 1 rings (SSSR count). The van der Waals surface area contributed by atoms with Gasteiger partial charge in [0, 0.05) is 24.4 Å². The second-order valence-electron chi connectivity index (χ2n) is 5.44. The van der Waals surface area contributed by atoms with E-state index in [1.165, 1.54) is 9.88 Å². The molecule has 0 fully saturated rings. The molecule has 0 saturated carbocycles. The number of thiazole rings is 1. The van der Waals surface area contributed by atoms with Crippen LogP contribution in [0.4, 0.5) is 0 Å². The monoisotopic (exact) mass is 298 g/mol. The highest BCUT2D eigenvalue weighted by Gasteiger charge is 2.36. The van der Waals surface area contributed by atoms with Gasteiger partial charge in [-0.25, -0.2) is 4.98 Å². The zero-order valence-corrected chi connectivity index (χ0v) is 14.7. The average molecular weight is 298 g/mol. The van der Waals surface area contributed by atoms with Crippen LogP contribution in [0.25, 0.3) is 0 Å². The van der Waals surface area contributed by atoms with Crippen molar-refractivity contribution in [3.05, 3.63) is 15.6 Å². The number of aromatic nitrogens is 1. The van der Waals surface area contributed by atoms with Crippen LogP contribution in [0.2, 0.25) is 0 Å². The van der Waals surface area contributed by atoms with Crippen molar-refractivity contribution in [2.24, 2.45) is 0 Å². The molecule has 1 N–H and O–H groups in total. The van der Waals surface area contributed by atoms with E-state index in [4.69, 9.17) is 9.72 Å². The van der Waals surface area contributed by atoms with Crippen molar-refractivity contribution in [1.82, 2.24) is 10.3 Å². The minimum atomic E-state index is -0.0946. The van der Waals surface area contributed by atoms with E-state index in [0.717, 1.165) is 37.9 Å². The molecule has 0 aliphatic heterocycles. The fourth-order valence-corrected chi connectivity index (χ4v) is 3.72. The molecular formula is C16H30N2OS. The zero-order chi connectivity index (χ0) is 15.2. The molecule has 1 aromatic heterocycles. The number of methoxy groups -OCH3 is 1. The fraction of sp³-hybridized carbons (Fsp3) is 0.812. The van der Waals surface area contributed by atoms with Gasteiger partial charge in [0.1, 0.15) is 0 Å². The van der Waals surface area contributed by atoms with E-state index < -0.39 is 0 Å². The third-order valence-electron chi connectivity index (χ3n) is 4.33. The third-order valence-corrected chi connectivity index (χ3v) is 5.43. The van der Waals surface area contributed by atoms with Gasteiger partial charge < -0.3 is 10.1 Å². The molecule has 0 bridgehead atoms. The summed E-state index contributed by atoms with van der Waals surface area (Å²) in [7, 11) is 1.84. The Bertz CT molecular complexity index is 371. The molecule has 3 nitrogen and oxygen atoms in total. The van der Waals surface area contributed by atoms with Gasteiger partial charge in [-0.1, -0.05) is 20.8 Å². The van der Waals surface area contributed by atoms with Gasteiger partial charge in [0.15, 0.2) is 0 Å². The van der Waals surface area contributed by atoms with Crippen molar-refractivity contribution in [3.63, 3.8) is 0 Å². The van der Waals surface area contributed by atoms with E-state index in [0.29, 0.717) is 6.04 Å². The number of hydrogen-bond acceptors (Lipinski definition) is 4. The van der Waals surface area contributed by atoms with Crippen molar-refractivity contribution in [2.45, 2.75) is 71.9 Å². The van der Waals surface area contributed by atoms with Gasteiger partial charge in [-0.2, -0.15) is 0 Å². The molecule has 0 aromatic carbocycles. The van der Waals surface area contributed by atoms with E-state index in [9.17, 15) is 0 Å². The summed E-state index contributed by atoms with van der Waals surface area (Å²) in [4.78, 5) is 6.02. The van der Waals surface area contributed by atoms with Crippen molar-refractivity contribution < 1.29 is 4.74 Å². The maximum absolute atomic E-state index is 5.92. The highest BCUT2D eigenvalue weighted by Crippen LogP contribution is 2.28. The van der Waals surface area contributed by atoms with Gasteiger partial charge in [0.2, 0.25) is 0 Å². The van der Waals surface area contributed by atoms with E-state index >= 15 is 0 Å². The molecule has 1 atom stereocenters. The van der Waals surface area contributed by atoms with Crippen LogP contribution in [-0.4, -0.2) is 30.3 Å². The Labute approximate surface area is 128 Å². The number of nitrogens with one attached hydrogen (secondary N) is 1. The fourth-order valence-electron chi connectivity index (χ4n) is 2.74. The lowest BCUT2D eigenvalue weighted by molar-refractivity contribution is -0.0471. The molecule has 0 saturated heterocycles. The van der Waals surface area contributed by atoms with Crippen LogP contribution in [0.1, 0.15) is 55.6 Å². The van der Waals surface area contributed by atoms with Crippen molar-refractivity contribution >= 4 is 11.3 Å². The van der Waals surface area contributed by atoms with Crippen molar-refractivity contribution in [3.8, 4) is 0 Å². The minimum absolute atomic E-state index is 0.0946. The van der Waals surface area contributed by atoms with Gasteiger partial charge in [0.25, 0.3) is 0 Å². The summed E-state index contributed by atoms with van der Waals surface area (Å²) in [6, 6.07) is 0.326. The Balaban J connectivity index is 2.93. The summed E-state index contributed by atoms with van der Waals surface area (Å²) >= 11 is 1.82. The number of nitrogens with zero attached hydrogens (tertiary/aromatic N) is 1. The van der Waals surface area contributed by atoms with Gasteiger partial charge >= 0.3 is 0 Å². The van der Waals surface area contributed by atoms with Gasteiger partial charge in [0.05, 0.1) is 16.3 Å². The van der Waals surface area contributed by atoms with Crippen LogP contribution in [0, 0.1) is 13.8 Å². The first-order chi connectivity index (χ1) is 9.52. The lowest BCUT2D eigenvalue weighted by atomic mass is 9.86. The maximum atomic E-state index is 5.92. The predicted molar refractivity (Wildman–Crippen MR) is 87.7 cm³/mol. The number of aryl methyl sites for hydroxylation is 2. The lowest BCUT2D eigenvalue weighted by Crippen LogP contribution is -2.53. The van der Waals surface area contributed by atoms with Crippen molar-refractivity contribution in [2.75, 3.05) is 13.7 Å². The summed E-state index contributed by atoms with van der Waals surface area (Å²) in [6.45, 7) is 11.9. The standard InChI is InChI=1S/C16H30N2OS/c1-7-10-17-14(16(8-2,9-3)19-6)11-15-18-12(4)13(5)20-15/h14,17H,7-11H2,1-6H3. The normalized spacial score (nSPS) is 13.7. The SMILES string of the molecule is CCCNC(Cc1nc(C)c(C)s1)C(CC)(CC)OC. The van der Waals surface area contributed by atoms with E-state index in [1.807, 2.05) is 18.4 Å². The number of rotatable bonds is 9. The Morgan fingerprint density at radius 3 is 2.30 bits per heavy atom. The molecule has 20 heavy (non-hydrogen) atoms. The van der Waals surface area contributed by atoms with Crippen LogP contribution in [0.5, 0.6) is 0 Å². The van der Waals surface area contributed by atoms with Gasteiger partial charge in [-0.05, 0) is 39.7 Å². The smallest absolute Gasteiger partial charge is 0.0947 e. The second-order valence-corrected chi connectivity index (χ2v) is 6.72. The number of hydrogen-bond donors (Lipinski definition) is 1. The van der Waals surface area contributed by atoms with Crippen molar-refractivity contribution in [1.29, 1.82) is 0 Å². The highest BCUT2D eigenvalue weighted by atomic mass is 32.1. The zero-order valence-electron chi connectivity index (χ0n) is 13.9. The molecule has 0 amide bonds. The molecule has 0 aliphatic carbocycles. The Morgan fingerprint density at radius 2 is 1.90 bits per heavy atom. The average Bonchev–Trinajstić information content (AvgIpc) is 2.77. The van der Waals surface area contributed by atoms with Crippen LogP contribution in [0.3, 0.4) is 0 Å². The van der Waals surface area contributed by atoms with Crippen LogP contribution in [-0.2, 0) is 11.2 Å². The minimum Gasteiger partial charge on any atom is -0.377 e. The number of ether oxygens (including phenoxy) is 1. The largest absolute Gasteiger partial charge is 0.377 e. The maximum Gasteiger partial charge on any atom is 0.0947 e. The predicted octanol–water partition coefficient (Wildman–Crippen LogP) is 3.88. The summed E-state index contributed by atoms with van der Waals surface area (Å²) in [5, 5.41) is 4.90. The summed E-state index contributed by atoms with van der Waals surface area (Å²) in [5.41, 5.74) is 1.07. The first-order valence-corrected chi connectivity index (χ1v) is 8.56. The van der Waals surface area contributed by atoms with Gasteiger partial charge in [-0.15, -0.1) is 11.3 Å². The Kier molecular flexibility index (Phi) is 7.13. The first kappa shape index (κ1) is 17.6. The van der Waals surface area contributed by atoms with E-state index in [-0.39, 0.29) is 5.60 Å². The Morgan fingerprint density at radius 1 is 1.25 bits per heavy atom. The summed E-state index contributed by atoms with van der Waals surface area (Å²) in [5.74, 6) is 0. The van der Waals surface area contributed by atoms with Gasteiger partial charge in [-0.3, -0.25) is 0 Å². The molecule has 116 valence electrons. The van der Waals surface area contributed by atoms with E-state index in [2.05, 4.69) is 39.9 Å². The van der Waals surface area contributed by atoms with Crippen LogP contribution in [0.15, 0.2) is 0 Å². The summed E-state index contributed by atoms with van der Waals surface area (Å²) < 4.78 is 5.92. The molecule has 1 heterocycles. The molecule has 0 spiro atoms. The summed E-state index contributed by atoms with van der Waals surface area (Å²) in [6.07, 6.45) is 4.13. The first-order valence-electron chi connectivity index (χ1n) is 7.74. The third kappa shape index (κ3) is 4.03. The topological polar surface area (TPSA) is 34.2 Å². The molecule has 0 aliphatic rings. The van der Waals surface area contributed by atoms with Crippen LogP contribution >= 0.6 is 11.3 Å². The Hall–Kier alpha value is -0.450. The molecule has 4 heteroatoms. The quantitative estimate of drug-likeness (QED) is 0.751. The molecule has 1 unspecified atom stereocenters. The van der Waals surface area contributed by atoms with Crippen LogP contribution < -0.4 is 5.32 Å². The van der Waals surface area contributed by atoms with E-state index in [1.54, 1.807) is 0 Å². The molecule has 0 radical (unpaired) electrons. The second kappa shape index (κ2) is 8.11. The molecule has 1 aromatic rings. The highest BCUT2D eigenvalue weighted by molar-refractivity contribution is 7.11. The molecular weight excluding hydrogens is 268 g/mol.